The highest BCUT2D eigenvalue weighted by Crippen LogP contribution is 2.23. The average molecular weight is 367 g/mol. The van der Waals surface area contributed by atoms with E-state index in [0.717, 1.165) is 11.3 Å². The lowest BCUT2D eigenvalue weighted by atomic mass is 10.1. The largest absolute Gasteiger partial charge is 0.497 e. The molecule has 6 nitrogen and oxygen atoms in total. The number of rotatable bonds is 8. The number of amides is 1. The zero-order valence-electron chi connectivity index (χ0n) is 15.2. The summed E-state index contributed by atoms with van der Waals surface area (Å²) in [6.45, 7) is 0.602. The first kappa shape index (κ1) is 18.4. The van der Waals surface area contributed by atoms with Gasteiger partial charge in [-0.15, -0.1) is 0 Å². The van der Waals surface area contributed by atoms with Crippen molar-refractivity contribution < 1.29 is 23.4 Å². The van der Waals surface area contributed by atoms with Crippen LogP contribution in [0.1, 0.15) is 21.7 Å². The van der Waals surface area contributed by atoms with Gasteiger partial charge in [0.05, 0.1) is 27.0 Å². The van der Waals surface area contributed by atoms with Crippen LogP contribution in [0.4, 0.5) is 0 Å². The molecule has 0 atom stereocenters. The Morgan fingerprint density at radius 3 is 2.44 bits per heavy atom. The highest BCUT2D eigenvalue weighted by atomic mass is 16.5. The maximum atomic E-state index is 12.4. The molecule has 1 heterocycles. The molecule has 27 heavy (non-hydrogen) atoms. The Morgan fingerprint density at radius 2 is 1.78 bits per heavy atom. The summed E-state index contributed by atoms with van der Waals surface area (Å²) in [4.78, 5) is 12.4. The highest BCUT2D eigenvalue weighted by Gasteiger charge is 2.11. The van der Waals surface area contributed by atoms with Gasteiger partial charge in [0.25, 0.3) is 5.91 Å². The Hall–Kier alpha value is -3.41. The fourth-order valence-electron chi connectivity index (χ4n) is 2.55. The first-order valence-corrected chi connectivity index (χ1v) is 8.44. The van der Waals surface area contributed by atoms with Crippen LogP contribution in [-0.4, -0.2) is 20.1 Å². The van der Waals surface area contributed by atoms with Crippen molar-refractivity contribution in [2.24, 2.45) is 0 Å². The summed E-state index contributed by atoms with van der Waals surface area (Å²) < 4.78 is 21.5. The standard InChI is InChI=1S/C21H21NO5/c1-24-17-6-8-18(9-7-17)27-14-16-12-15(5-10-20(16)25-2)21(23)22-13-19-4-3-11-26-19/h3-12H,13-14H2,1-2H3,(H,22,23). The fourth-order valence-corrected chi connectivity index (χ4v) is 2.55. The molecule has 3 aromatic rings. The molecule has 3 rings (SSSR count). The summed E-state index contributed by atoms with van der Waals surface area (Å²) in [6.07, 6.45) is 1.57. The van der Waals surface area contributed by atoms with E-state index in [0.29, 0.717) is 29.4 Å². The quantitative estimate of drug-likeness (QED) is 0.656. The zero-order valence-corrected chi connectivity index (χ0v) is 15.2. The van der Waals surface area contributed by atoms with E-state index in [4.69, 9.17) is 18.6 Å². The van der Waals surface area contributed by atoms with E-state index < -0.39 is 0 Å². The molecule has 1 amide bonds. The molecule has 0 aliphatic heterocycles. The summed E-state index contributed by atoms with van der Waals surface area (Å²) in [5.41, 5.74) is 1.30. The summed E-state index contributed by atoms with van der Waals surface area (Å²) in [6, 6.07) is 16.1. The van der Waals surface area contributed by atoms with Crippen LogP contribution >= 0.6 is 0 Å². The van der Waals surface area contributed by atoms with Gasteiger partial charge in [-0.05, 0) is 54.6 Å². The first-order valence-electron chi connectivity index (χ1n) is 8.44. The van der Waals surface area contributed by atoms with Crippen molar-refractivity contribution in [1.82, 2.24) is 5.32 Å². The minimum absolute atomic E-state index is 0.195. The van der Waals surface area contributed by atoms with Gasteiger partial charge >= 0.3 is 0 Å². The van der Waals surface area contributed by atoms with Crippen molar-refractivity contribution in [3.63, 3.8) is 0 Å². The maximum Gasteiger partial charge on any atom is 0.251 e. The smallest absolute Gasteiger partial charge is 0.251 e. The van der Waals surface area contributed by atoms with Gasteiger partial charge in [-0.1, -0.05) is 0 Å². The molecule has 0 saturated carbocycles. The van der Waals surface area contributed by atoms with Gasteiger partial charge in [0.1, 0.15) is 29.6 Å². The number of benzene rings is 2. The molecule has 0 saturated heterocycles. The molecule has 0 unspecified atom stereocenters. The highest BCUT2D eigenvalue weighted by molar-refractivity contribution is 5.94. The van der Waals surface area contributed by atoms with E-state index in [1.165, 1.54) is 0 Å². The molecule has 1 N–H and O–H groups in total. The molecular formula is C21H21NO5. The molecular weight excluding hydrogens is 346 g/mol. The van der Waals surface area contributed by atoms with Gasteiger partial charge in [-0.3, -0.25) is 4.79 Å². The maximum absolute atomic E-state index is 12.4. The average Bonchev–Trinajstić information content (AvgIpc) is 3.24. The lowest BCUT2D eigenvalue weighted by Gasteiger charge is -2.12. The van der Waals surface area contributed by atoms with E-state index in [9.17, 15) is 4.79 Å². The van der Waals surface area contributed by atoms with Crippen molar-refractivity contribution in [2.45, 2.75) is 13.2 Å². The topological polar surface area (TPSA) is 69.9 Å². The molecule has 0 spiro atoms. The predicted molar refractivity (Wildman–Crippen MR) is 100 cm³/mol. The van der Waals surface area contributed by atoms with Crippen molar-refractivity contribution in [3.8, 4) is 17.2 Å². The van der Waals surface area contributed by atoms with E-state index in [-0.39, 0.29) is 12.5 Å². The van der Waals surface area contributed by atoms with Crippen molar-refractivity contribution >= 4 is 5.91 Å². The Morgan fingerprint density at radius 1 is 1.00 bits per heavy atom. The molecule has 0 fully saturated rings. The normalized spacial score (nSPS) is 10.3. The van der Waals surface area contributed by atoms with Gasteiger partial charge < -0.3 is 23.9 Å². The fraction of sp³-hybridized carbons (Fsp3) is 0.190. The first-order chi connectivity index (χ1) is 13.2. The summed E-state index contributed by atoms with van der Waals surface area (Å²) in [5.74, 6) is 2.62. The Labute approximate surface area is 157 Å². The SMILES string of the molecule is COc1ccc(OCc2cc(C(=O)NCc3ccco3)ccc2OC)cc1. The lowest BCUT2D eigenvalue weighted by molar-refractivity contribution is 0.0948. The third kappa shape index (κ3) is 4.82. The van der Waals surface area contributed by atoms with Gasteiger partial charge in [0.15, 0.2) is 0 Å². The van der Waals surface area contributed by atoms with Crippen LogP contribution in [0.3, 0.4) is 0 Å². The van der Waals surface area contributed by atoms with Crippen molar-refractivity contribution in [2.75, 3.05) is 14.2 Å². The molecule has 0 aliphatic rings. The van der Waals surface area contributed by atoms with Crippen LogP contribution in [-0.2, 0) is 13.2 Å². The Kier molecular flexibility index (Phi) is 5.99. The monoisotopic (exact) mass is 367 g/mol. The second-order valence-corrected chi connectivity index (χ2v) is 5.75. The lowest BCUT2D eigenvalue weighted by Crippen LogP contribution is -2.22. The Bertz CT molecular complexity index is 872. The minimum atomic E-state index is -0.195. The second-order valence-electron chi connectivity index (χ2n) is 5.75. The molecule has 2 aromatic carbocycles. The number of methoxy groups -OCH3 is 2. The van der Waals surface area contributed by atoms with Crippen LogP contribution in [0.2, 0.25) is 0 Å². The number of carbonyl (C=O) groups is 1. The zero-order chi connectivity index (χ0) is 19.1. The van der Waals surface area contributed by atoms with Gasteiger partial charge in [0.2, 0.25) is 0 Å². The van der Waals surface area contributed by atoms with Crippen LogP contribution in [0.5, 0.6) is 17.2 Å². The summed E-state index contributed by atoms with van der Waals surface area (Å²) in [7, 11) is 3.20. The number of carbonyl (C=O) groups excluding carboxylic acids is 1. The minimum Gasteiger partial charge on any atom is -0.497 e. The molecule has 0 aliphatic carbocycles. The van der Waals surface area contributed by atoms with Crippen LogP contribution < -0.4 is 19.5 Å². The van der Waals surface area contributed by atoms with Crippen molar-refractivity contribution in [3.05, 3.63) is 77.7 Å². The van der Waals surface area contributed by atoms with Crippen LogP contribution in [0.15, 0.2) is 65.3 Å². The number of furan rings is 1. The summed E-state index contributed by atoms with van der Waals surface area (Å²) in [5, 5.41) is 2.82. The number of ether oxygens (including phenoxy) is 3. The second kappa shape index (κ2) is 8.80. The van der Waals surface area contributed by atoms with Crippen molar-refractivity contribution in [1.29, 1.82) is 0 Å². The van der Waals surface area contributed by atoms with E-state index in [1.54, 1.807) is 44.7 Å². The van der Waals surface area contributed by atoms with Gasteiger partial charge in [-0.25, -0.2) is 0 Å². The number of nitrogens with one attached hydrogen (secondary N) is 1. The van der Waals surface area contributed by atoms with Gasteiger partial charge in [-0.2, -0.15) is 0 Å². The van der Waals surface area contributed by atoms with E-state index >= 15 is 0 Å². The van der Waals surface area contributed by atoms with Crippen LogP contribution in [0, 0.1) is 0 Å². The van der Waals surface area contributed by atoms with Crippen LogP contribution in [0.25, 0.3) is 0 Å². The summed E-state index contributed by atoms with van der Waals surface area (Å²) >= 11 is 0. The van der Waals surface area contributed by atoms with E-state index in [1.807, 2.05) is 30.3 Å². The van der Waals surface area contributed by atoms with Gasteiger partial charge in [0, 0.05) is 11.1 Å². The Balaban J connectivity index is 1.67. The predicted octanol–water partition coefficient (Wildman–Crippen LogP) is 3.81. The third-order valence-corrected chi connectivity index (χ3v) is 4.00. The molecule has 1 aromatic heterocycles. The molecule has 0 radical (unpaired) electrons. The molecule has 140 valence electrons. The number of hydrogen-bond donors (Lipinski definition) is 1. The number of hydrogen-bond acceptors (Lipinski definition) is 5. The third-order valence-electron chi connectivity index (χ3n) is 4.00. The van der Waals surface area contributed by atoms with E-state index in [2.05, 4.69) is 5.32 Å². The molecule has 6 heteroatoms. The molecule has 0 bridgehead atoms.